The number of rotatable bonds is 3. The molecule has 0 aliphatic carbocycles. The molecule has 0 amide bonds. The predicted molar refractivity (Wildman–Crippen MR) is 71.9 cm³/mol. The van der Waals surface area contributed by atoms with Gasteiger partial charge in [0.15, 0.2) is 0 Å². The van der Waals surface area contributed by atoms with E-state index in [2.05, 4.69) is 0 Å². The SMILES string of the molecule is CCOc1cccc(-c2ccccc2N)c1N. The van der Waals surface area contributed by atoms with E-state index in [1.807, 2.05) is 49.4 Å². The summed E-state index contributed by atoms with van der Waals surface area (Å²) in [4.78, 5) is 0. The van der Waals surface area contributed by atoms with E-state index < -0.39 is 0 Å². The van der Waals surface area contributed by atoms with Crippen molar-refractivity contribution >= 4 is 11.4 Å². The normalized spacial score (nSPS) is 10.2. The first-order valence-corrected chi connectivity index (χ1v) is 5.60. The van der Waals surface area contributed by atoms with Crippen molar-refractivity contribution in [2.75, 3.05) is 18.1 Å². The van der Waals surface area contributed by atoms with Crippen LogP contribution in [0.4, 0.5) is 11.4 Å². The van der Waals surface area contributed by atoms with Crippen LogP contribution in [0.2, 0.25) is 0 Å². The van der Waals surface area contributed by atoms with Crippen LogP contribution < -0.4 is 16.2 Å². The molecule has 0 saturated carbocycles. The molecule has 0 atom stereocenters. The van der Waals surface area contributed by atoms with Gasteiger partial charge in [0.1, 0.15) is 5.75 Å². The average Bonchev–Trinajstić information content (AvgIpc) is 2.33. The standard InChI is InChI=1S/C14H16N2O/c1-2-17-13-9-5-7-11(14(13)16)10-6-3-4-8-12(10)15/h3-9H,2,15-16H2,1H3. The molecule has 17 heavy (non-hydrogen) atoms. The molecular weight excluding hydrogens is 212 g/mol. The number of para-hydroxylation sites is 2. The van der Waals surface area contributed by atoms with E-state index >= 15 is 0 Å². The summed E-state index contributed by atoms with van der Waals surface area (Å²) in [7, 11) is 0. The van der Waals surface area contributed by atoms with Crippen LogP contribution >= 0.6 is 0 Å². The summed E-state index contributed by atoms with van der Waals surface area (Å²) in [5.74, 6) is 0.702. The lowest BCUT2D eigenvalue weighted by atomic mass is 10.0. The highest BCUT2D eigenvalue weighted by Gasteiger charge is 2.09. The summed E-state index contributed by atoms with van der Waals surface area (Å²) in [5, 5.41) is 0. The van der Waals surface area contributed by atoms with E-state index in [1.165, 1.54) is 0 Å². The van der Waals surface area contributed by atoms with E-state index in [0.717, 1.165) is 11.1 Å². The third kappa shape index (κ3) is 2.18. The minimum absolute atomic E-state index is 0.595. The number of anilines is 2. The number of hydrogen-bond acceptors (Lipinski definition) is 3. The first-order chi connectivity index (χ1) is 8.24. The molecule has 0 aliphatic heterocycles. The van der Waals surface area contributed by atoms with Crippen molar-refractivity contribution in [1.29, 1.82) is 0 Å². The number of nitrogen functional groups attached to an aromatic ring is 2. The highest BCUT2D eigenvalue weighted by Crippen LogP contribution is 2.35. The Morgan fingerprint density at radius 1 is 0.941 bits per heavy atom. The van der Waals surface area contributed by atoms with Gasteiger partial charge in [-0.25, -0.2) is 0 Å². The topological polar surface area (TPSA) is 61.3 Å². The minimum Gasteiger partial charge on any atom is -0.492 e. The van der Waals surface area contributed by atoms with Crippen LogP contribution in [0, 0.1) is 0 Å². The Kier molecular flexibility index (Phi) is 3.19. The predicted octanol–water partition coefficient (Wildman–Crippen LogP) is 2.92. The van der Waals surface area contributed by atoms with E-state index in [9.17, 15) is 0 Å². The molecule has 3 heteroatoms. The van der Waals surface area contributed by atoms with Crippen molar-refractivity contribution in [2.24, 2.45) is 0 Å². The molecule has 2 aromatic carbocycles. The molecule has 2 aromatic rings. The first kappa shape index (κ1) is 11.3. The smallest absolute Gasteiger partial charge is 0.142 e. The number of hydrogen-bond donors (Lipinski definition) is 2. The third-order valence-electron chi connectivity index (χ3n) is 2.62. The second kappa shape index (κ2) is 4.78. The highest BCUT2D eigenvalue weighted by atomic mass is 16.5. The molecule has 0 bridgehead atoms. The maximum absolute atomic E-state index is 6.09. The minimum atomic E-state index is 0.595. The van der Waals surface area contributed by atoms with Gasteiger partial charge in [0, 0.05) is 16.8 Å². The Morgan fingerprint density at radius 3 is 2.35 bits per heavy atom. The Bertz CT molecular complexity index is 523. The van der Waals surface area contributed by atoms with Gasteiger partial charge in [0.2, 0.25) is 0 Å². The molecule has 3 nitrogen and oxygen atoms in total. The molecule has 0 radical (unpaired) electrons. The van der Waals surface area contributed by atoms with E-state index in [0.29, 0.717) is 23.7 Å². The molecular formula is C14H16N2O. The average molecular weight is 228 g/mol. The maximum Gasteiger partial charge on any atom is 0.142 e. The lowest BCUT2D eigenvalue weighted by Gasteiger charge is -2.12. The second-order valence-corrected chi connectivity index (χ2v) is 3.74. The number of ether oxygens (including phenoxy) is 1. The number of benzene rings is 2. The molecule has 0 unspecified atom stereocenters. The van der Waals surface area contributed by atoms with Crippen molar-refractivity contribution in [2.45, 2.75) is 6.92 Å². The fourth-order valence-corrected chi connectivity index (χ4v) is 1.80. The number of nitrogens with two attached hydrogens (primary N) is 2. The molecule has 0 heterocycles. The van der Waals surface area contributed by atoms with Crippen LogP contribution in [0.3, 0.4) is 0 Å². The molecule has 0 aliphatic rings. The Hall–Kier alpha value is -2.16. The quantitative estimate of drug-likeness (QED) is 0.794. The van der Waals surface area contributed by atoms with Crippen LogP contribution in [0.1, 0.15) is 6.92 Å². The Balaban J connectivity index is 2.53. The van der Waals surface area contributed by atoms with Gasteiger partial charge in [0.05, 0.1) is 12.3 Å². The zero-order valence-electron chi connectivity index (χ0n) is 9.81. The summed E-state index contributed by atoms with van der Waals surface area (Å²) in [6.07, 6.45) is 0. The molecule has 4 N–H and O–H groups in total. The fraction of sp³-hybridized carbons (Fsp3) is 0.143. The van der Waals surface area contributed by atoms with Gasteiger partial charge in [-0.2, -0.15) is 0 Å². The van der Waals surface area contributed by atoms with Gasteiger partial charge in [-0.05, 0) is 19.1 Å². The highest BCUT2D eigenvalue weighted by molar-refractivity contribution is 5.86. The Labute approximate surface area is 101 Å². The van der Waals surface area contributed by atoms with Gasteiger partial charge in [-0.3, -0.25) is 0 Å². The fourth-order valence-electron chi connectivity index (χ4n) is 1.80. The van der Waals surface area contributed by atoms with Crippen LogP contribution in [0.5, 0.6) is 5.75 Å². The lowest BCUT2D eigenvalue weighted by Crippen LogP contribution is -1.99. The van der Waals surface area contributed by atoms with Crippen molar-refractivity contribution in [3.8, 4) is 16.9 Å². The van der Waals surface area contributed by atoms with Crippen molar-refractivity contribution in [1.82, 2.24) is 0 Å². The molecule has 88 valence electrons. The summed E-state index contributed by atoms with van der Waals surface area (Å²) < 4.78 is 5.47. The van der Waals surface area contributed by atoms with Gasteiger partial charge in [-0.15, -0.1) is 0 Å². The largest absolute Gasteiger partial charge is 0.492 e. The first-order valence-electron chi connectivity index (χ1n) is 5.60. The lowest BCUT2D eigenvalue weighted by molar-refractivity contribution is 0.342. The van der Waals surface area contributed by atoms with Gasteiger partial charge in [0.25, 0.3) is 0 Å². The summed E-state index contributed by atoms with van der Waals surface area (Å²) in [5.41, 5.74) is 15.2. The summed E-state index contributed by atoms with van der Waals surface area (Å²) in [6.45, 7) is 2.53. The van der Waals surface area contributed by atoms with Crippen molar-refractivity contribution < 1.29 is 4.74 Å². The van der Waals surface area contributed by atoms with Crippen LogP contribution in [-0.4, -0.2) is 6.61 Å². The van der Waals surface area contributed by atoms with E-state index in [4.69, 9.17) is 16.2 Å². The summed E-state index contributed by atoms with van der Waals surface area (Å²) in [6, 6.07) is 13.4. The second-order valence-electron chi connectivity index (χ2n) is 3.74. The molecule has 0 saturated heterocycles. The monoisotopic (exact) mass is 228 g/mol. The van der Waals surface area contributed by atoms with Crippen LogP contribution in [-0.2, 0) is 0 Å². The van der Waals surface area contributed by atoms with Crippen LogP contribution in [0.15, 0.2) is 42.5 Å². The summed E-state index contributed by atoms with van der Waals surface area (Å²) >= 11 is 0. The van der Waals surface area contributed by atoms with Gasteiger partial charge >= 0.3 is 0 Å². The molecule has 0 fully saturated rings. The Morgan fingerprint density at radius 2 is 1.65 bits per heavy atom. The van der Waals surface area contributed by atoms with Gasteiger partial charge < -0.3 is 16.2 Å². The van der Waals surface area contributed by atoms with E-state index in [1.54, 1.807) is 0 Å². The molecule has 0 aromatic heterocycles. The van der Waals surface area contributed by atoms with Crippen molar-refractivity contribution in [3.05, 3.63) is 42.5 Å². The zero-order chi connectivity index (χ0) is 12.3. The van der Waals surface area contributed by atoms with E-state index in [-0.39, 0.29) is 0 Å². The molecule has 0 spiro atoms. The van der Waals surface area contributed by atoms with Crippen molar-refractivity contribution in [3.63, 3.8) is 0 Å². The van der Waals surface area contributed by atoms with Crippen LogP contribution in [0.25, 0.3) is 11.1 Å². The third-order valence-corrected chi connectivity index (χ3v) is 2.62. The maximum atomic E-state index is 6.09. The zero-order valence-corrected chi connectivity index (χ0v) is 9.81. The molecule has 2 rings (SSSR count). The van der Waals surface area contributed by atoms with Gasteiger partial charge in [-0.1, -0.05) is 30.3 Å².